The van der Waals surface area contributed by atoms with Crippen molar-refractivity contribution >= 4 is 17.7 Å². The highest BCUT2D eigenvalue weighted by Crippen LogP contribution is 2.38. The van der Waals surface area contributed by atoms with Crippen LogP contribution in [0.15, 0.2) is 24.3 Å². The van der Waals surface area contributed by atoms with Gasteiger partial charge in [-0.05, 0) is 31.7 Å². The summed E-state index contributed by atoms with van der Waals surface area (Å²) in [7, 11) is 0. The molecule has 2 aliphatic heterocycles. The van der Waals surface area contributed by atoms with Crippen LogP contribution in [0.25, 0.3) is 0 Å². The summed E-state index contributed by atoms with van der Waals surface area (Å²) in [6.07, 6.45) is 4.08. The van der Waals surface area contributed by atoms with Crippen molar-refractivity contribution in [2.75, 3.05) is 31.9 Å². The third kappa shape index (κ3) is 3.61. The average Bonchev–Trinajstić information content (AvgIpc) is 2.88. The third-order valence-electron chi connectivity index (χ3n) is 4.60. The number of rotatable bonds is 4. The number of amides is 1. The molecular weight excluding hydrogens is 280 g/mol. The Balaban J connectivity index is 1.63. The Hall–Kier alpha value is -1.00. The molecule has 1 amide bonds. The summed E-state index contributed by atoms with van der Waals surface area (Å²) in [6, 6.07) is 8.64. The molecule has 0 radical (unpaired) electrons. The van der Waals surface area contributed by atoms with Crippen LogP contribution in [0.3, 0.4) is 0 Å². The monoisotopic (exact) mass is 305 g/mol. The zero-order valence-electron chi connectivity index (χ0n) is 12.8. The van der Waals surface area contributed by atoms with Gasteiger partial charge in [0, 0.05) is 0 Å². The van der Waals surface area contributed by atoms with Crippen LogP contribution in [0.5, 0.6) is 0 Å². The summed E-state index contributed by atoms with van der Waals surface area (Å²) in [6.45, 7) is 6.68. The second kappa shape index (κ2) is 6.84. The fourth-order valence-corrected chi connectivity index (χ4v) is 4.50. The Morgan fingerprint density at radius 3 is 2.62 bits per heavy atom. The van der Waals surface area contributed by atoms with E-state index < -0.39 is 0 Å². The highest BCUT2D eigenvalue weighted by Gasteiger charge is 2.33. The minimum atomic E-state index is 0.224. The average molecular weight is 305 g/mol. The molecule has 0 aliphatic carbocycles. The molecule has 21 heavy (non-hydrogen) atoms. The number of nitrogens with zero attached hydrogens (tertiary/aromatic N) is 1. The number of carbonyl (C=O) groups is 1. The van der Waals surface area contributed by atoms with Gasteiger partial charge in [0.05, 0.1) is 31.9 Å². The van der Waals surface area contributed by atoms with E-state index in [1.54, 1.807) is 16.7 Å². The summed E-state index contributed by atoms with van der Waals surface area (Å²) in [5.41, 5.74) is 2.54. The quantitative estimate of drug-likeness (QED) is 0.915. The van der Waals surface area contributed by atoms with E-state index in [9.17, 15) is 4.79 Å². The van der Waals surface area contributed by atoms with Gasteiger partial charge in [-0.25, -0.2) is 0 Å². The Morgan fingerprint density at radius 2 is 1.90 bits per heavy atom. The van der Waals surface area contributed by atoms with Crippen LogP contribution < -0.4 is 4.90 Å². The van der Waals surface area contributed by atoms with Crippen LogP contribution in [-0.2, 0) is 4.79 Å². The van der Waals surface area contributed by atoms with E-state index in [1.807, 2.05) is 0 Å². The lowest BCUT2D eigenvalue weighted by Gasteiger charge is -2.28. The smallest absolute Gasteiger partial charge is 0.234 e. The molecule has 1 atom stereocenters. The fourth-order valence-electron chi connectivity index (χ4n) is 3.28. The van der Waals surface area contributed by atoms with Crippen LogP contribution in [0.2, 0.25) is 0 Å². The van der Waals surface area contributed by atoms with Crippen LogP contribution in [0, 0.1) is 6.92 Å². The van der Waals surface area contributed by atoms with Crippen molar-refractivity contribution in [1.29, 1.82) is 0 Å². The van der Waals surface area contributed by atoms with Gasteiger partial charge in [-0.2, -0.15) is 0 Å². The first kappa shape index (κ1) is 14.9. The zero-order valence-corrected chi connectivity index (χ0v) is 13.6. The van der Waals surface area contributed by atoms with Gasteiger partial charge in [0.2, 0.25) is 5.91 Å². The highest BCUT2D eigenvalue weighted by molar-refractivity contribution is 8.00. The van der Waals surface area contributed by atoms with Gasteiger partial charge < -0.3 is 9.80 Å². The summed E-state index contributed by atoms with van der Waals surface area (Å²) < 4.78 is 0. The van der Waals surface area contributed by atoms with Crippen molar-refractivity contribution in [1.82, 2.24) is 4.90 Å². The molecule has 2 heterocycles. The van der Waals surface area contributed by atoms with E-state index in [0.717, 1.165) is 13.1 Å². The molecule has 2 saturated heterocycles. The molecule has 1 unspecified atom stereocenters. The molecule has 3 nitrogen and oxygen atoms in total. The van der Waals surface area contributed by atoms with Crippen LogP contribution in [-0.4, -0.2) is 42.7 Å². The number of carbonyl (C=O) groups excluding carboxylic acids is 1. The first-order valence-corrected chi connectivity index (χ1v) is 9.10. The lowest BCUT2D eigenvalue weighted by molar-refractivity contribution is -0.904. The third-order valence-corrected chi connectivity index (χ3v) is 5.85. The molecule has 0 spiro atoms. The Bertz CT molecular complexity index is 482. The molecule has 0 aromatic heterocycles. The molecule has 1 N–H and O–H groups in total. The van der Waals surface area contributed by atoms with Crippen molar-refractivity contribution in [3.05, 3.63) is 35.4 Å². The Kier molecular flexibility index (Phi) is 4.86. The predicted octanol–water partition coefficient (Wildman–Crippen LogP) is 1.64. The highest BCUT2D eigenvalue weighted by atomic mass is 32.2. The largest absolute Gasteiger partial charge is 0.333 e. The minimum Gasteiger partial charge on any atom is -0.333 e. The first-order valence-electron chi connectivity index (χ1n) is 8.05. The lowest BCUT2D eigenvalue weighted by atomic mass is 10.1. The maximum absolute atomic E-state index is 12.2. The number of thioether (sulfide) groups is 1. The SMILES string of the molecule is Cc1ccc(C2SCC(=O)N2CC[NH+]2CCCCC2)cc1. The van der Waals surface area contributed by atoms with Crippen LogP contribution in [0.1, 0.15) is 35.8 Å². The maximum atomic E-state index is 12.2. The van der Waals surface area contributed by atoms with Crippen molar-refractivity contribution in [2.45, 2.75) is 31.6 Å². The fraction of sp³-hybridized carbons (Fsp3) is 0.588. The van der Waals surface area contributed by atoms with Crippen molar-refractivity contribution < 1.29 is 9.69 Å². The molecule has 1 aromatic carbocycles. The number of hydrogen-bond acceptors (Lipinski definition) is 2. The molecule has 2 fully saturated rings. The molecule has 1 aromatic rings. The van der Waals surface area contributed by atoms with E-state index in [2.05, 4.69) is 36.1 Å². The normalized spacial score (nSPS) is 23.8. The summed E-state index contributed by atoms with van der Waals surface area (Å²) >= 11 is 1.77. The van der Waals surface area contributed by atoms with Gasteiger partial charge >= 0.3 is 0 Å². The number of nitrogens with one attached hydrogen (secondary N) is 1. The molecule has 4 heteroatoms. The van der Waals surface area contributed by atoms with Crippen LogP contribution >= 0.6 is 11.8 Å². The minimum absolute atomic E-state index is 0.224. The molecule has 2 aliphatic rings. The topological polar surface area (TPSA) is 24.8 Å². The molecule has 0 saturated carbocycles. The second-order valence-corrected chi connectivity index (χ2v) is 7.29. The van der Waals surface area contributed by atoms with Crippen molar-refractivity contribution in [3.63, 3.8) is 0 Å². The molecule has 114 valence electrons. The van der Waals surface area contributed by atoms with Gasteiger partial charge in [-0.15, -0.1) is 11.8 Å². The molecule has 3 rings (SSSR count). The summed E-state index contributed by atoms with van der Waals surface area (Å²) in [5, 5.41) is 0.224. The Morgan fingerprint density at radius 1 is 1.19 bits per heavy atom. The standard InChI is InChI=1S/C17H24N2OS/c1-14-5-7-15(8-6-14)17-19(16(20)13-21-17)12-11-18-9-3-2-4-10-18/h5-8,17H,2-4,9-13H2,1H3/p+1. The Labute approximate surface area is 131 Å². The van der Waals surface area contributed by atoms with Crippen molar-refractivity contribution in [2.24, 2.45) is 0 Å². The van der Waals surface area contributed by atoms with E-state index in [0.29, 0.717) is 11.7 Å². The van der Waals surface area contributed by atoms with Crippen LogP contribution in [0.4, 0.5) is 0 Å². The van der Waals surface area contributed by atoms with Gasteiger partial charge in [0.1, 0.15) is 5.37 Å². The first-order chi connectivity index (χ1) is 10.2. The lowest BCUT2D eigenvalue weighted by Crippen LogP contribution is -3.13. The number of benzene rings is 1. The molecule has 0 bridgehead atoms. The number of likely N-dealkylation sites (tertiary alicyclic amines) is 1. The maximum Gasteiger partial charge on any atom is 0.234 e. The van der Waals surface area contributed by atoms with E-state index in [1.165, 1.54) is 43.5 Å². The number of piperidine rings is 1. The number of quaternary nitrogens is 1. The van der Waals surface area contributed by atoms with E-state index >= 15 is 0 Å². The van der Waals surface area contributed by atoms with Gasteiger partial charge in [0.25, 0.3) is 0 Å². The van der Waals surface area contributed by atoms with Crippen molar-refractivity contribution in [3.8, 4) is 0 Å². The number of hydrogen-bond donors (Lipinski definition) is 1. The van der Waals surface area contributed by atoms with Gasteiger partial charge in [0.15, 0.2) is 0 Å². The number of aryl methyl sites for hydroxylation is 1. The van der Waals surface area contributed by atoms with E-state index in [-0.39, 0.29) is 5.37 Å². The predicted molar refractivity (Wildman–Crippen MR) is 87.5 cm³/mol. The van der Waals surface area contributed by atoms with Gasteiger partial charge in [-0.3, -0.25) is 4.79 Å². The molecular formula is C17H25N2OS+. The van der Waals surface area contributed by atoms with Gasteiger partial charge in [-0.1, -0.05) is 29.8 Å². The zero-order chi connectivity index (χ0) is 14.7. The summed E-state index contributed by atoms with van der Waals surface area (Å²) in [5.74, 6) is 0.940. The second-order valence-electron chi connectivity index (χ2n) is 6.22. The van der Waals surface area contributed by atoms with E-state index in [4.69, 9.17) is 0 Å². The summed E-state index contributed by atoms with van der Waals surface area (Å²) in [4.78, 5) is 16.0.